The van der Waals surface area contributed by atoms with Crippen LogP contribution in [0.1, 0.15) is 31.6 Å². The first-order valence-electron chi connectivity index (χ1n) is 11.9. The van der Waals surface area contributed by atoms with Crippen molar-refractivity contribution in [3.05, 3.63) is 46.7 Å². The van der Waals surface area contributed by atoms with Crippen LogP contribution < -0.4 is 15.4 Å². The maximum Gasteiger partial charge on any atom is 0.328 e. The Bertz CT molecular complexity index is 1180. The van der Waals surface area contributed by atoms with Crippen molar-refractivity contribution in [2.75, 3.05) is 20.8 Å². The Kier molecular flexibility index (Phi) is 9.68. The molecule has 1 aliphatic rings. The van der Waals surface area contributed by atoms with Gasteiger partial charge in [-0.2, -0.15) is 4.31 Å². The molecule has 2 heterocycles. The van der Waals surface area contributed by atoms with Crippen LogP contribution in [0.5, 0.6) is 5.75 Å². The van der Waals surface area contributed by atoms with Gasteiger partial charge >= 0.3 is 5.97 Å². The van der Waals surface area contributed by atoms with Gasteiger partial charge < -0.3 is 20.1 Å². The van der Waals surface area contributed by atoms with Crippen LogP contribution in [0.15, 0.2) is 46.7 Å². The predicted molar refractivity (Wildman–Crippen MR) is 139 cm³/mol. The number of esters is 1. The highest BCUT2D eigenvalue weighted by Gasteiger charge is 2.42. The van der Waals surface area contributed by atoms with Crippen LogP contribution >= 0.6 is 11.3 Å². The van der Waals surface area contributed by atoms with Gasteiger partial charge in [-0.1, -0.05) is 19.9 Å². The number of nitrogens with zero attached hydrogens (tertiary/aromatic N) is 1. The van der Waals surface area contributed by atoms with Gasteiger partial charge in [0.05, 0.1) is 25.5 Å². The Balaban J connectivity index is 1.85. The molecule has 2 aromatic rings. The van der Waals surface area contributed by atoms with Crippen LogP contribution in [0.25, 0.3) is 0 Å². The zero-order chi connectivity index (χ0) is 27.2. The minimum Gasteiger partial charge on any atom is -0.497 e. The molecule has 2 amide bonds. The number of rotatable bonds is 10. The number of carbonyl (C=O) groups is 3. The molecule has 1 aromatic heterocycles. The van der Waals surface area contributed by atoms with E-state index in [4.69, 9.17) is 9.47 Å². The molecule has 0 spiro atoms. The van der Waals surface area contributed by atoms with Crippen LogP contribution in [0.2, 0.25) is 0 Å². The van der Waals surface area contributed by atoms with Crippen molar-refractivity contribution < 1.29 is 32.3 Å². The van der Waals surface area contributed by atoms with E-state index in [1.165, 1.54) is 49.8 Å². The van der Waals surface area contributed by atoms with Gasteiger partial charge in [0.2, 0.25) is 21.8 Å². The van der Waals surface area contributed by atoms with E-state index in [0.29, 0.717) is 12.2 Å². The summed E-state index contributed by atoms with van der Waals surface area (Å²) >= 11 is 1.47. The Morgan fingerprint density at radius 2 is 1.84 bits per heavy atom. The quantitative estimate of drug-likeness (QED) is 0.432. The summed E-state index contributed by atoms with van der Waals surface area (Å²) in [5, 5.41) is 7.49. The number of methoxy groups -OCH3 is 2. The summed E-state index contributed by atoms with van der Waals surface area (Å²) in [5.74, 6) is -1.23. The number of sulfonamides is 1. The van der Waals surface area contributed by atoms with E-state index in [9.17, 15) is 22.8 Å². The molecular weight excluding hydrogens is 518 g/mol. The van der Waals surface area contributed by atoms with E-state index < -0.39 is 40.0 Å². The SMILES string of the molecule is COC(=O)[C@H](NC(=O)[C@@H]1C[C@@H](NC(=O)Cc2cccs2)CCN1S(=O)(=O)c1ccc(OC)cc1)C(C)C. The number of thiophene rings is 1. The van der Waals surface area contributed by atoms with Crippen LogP contribution in [0.3, 0.4) is 0 Å². The van der Waals surface area contributed by atoms with Gasteiger partial charge in [0, 0.05) is 17.5 Å². The minimum absolute atomic E-state index is 0.0136. The Morgan fingerprint density at radius 1 is 1.14 bits per heavy atom. The van der Waals surface area contributed by atoms with Crippen molar-refractivity contribution in [2.45, 2.75) is 56.1 Å². The highest BCUT2D eigenvalue weighted by molar-refractivity contribution is 7.89. The molecular formula is C25H33N3O7S2. The van der Waals surface area contributed by atoms with E-state index in [2.05, 4.69) is 10.6 Å². The maximum absolute atomic E-state index is 13.6. The van der Waals surface area contributed by atoms with E-state index >= 15 is 0 Å². The summed E-state index contributed by atoms with van der Waals surface area (Å²) in [5.41, 5.74) is 0. The number of hydrogen-bond acceptors (Lipinski definition) is 8. The smallest absolute Gasteiger partial charge is 0.328 e. The molecule has 3 rings (SSSR count). The number of amides is 2. The van der Waals surface area contributed by atoms with Crippen LogP contribution in [0.4, 0.5) is 0 Å². The standard InChI is InChI=1S/C25H33N3O7S2/c1-16(2)23(25(31)35-4)27-24(30)21-14-17(26-22(29)15-19-6-5-13-36-19)11-12-28(21)37(32,33)20-9-7-18(34-3)8-10-20/h5-10,13,16-17,21,23H,11-12,14-15H2,1-4H3,(H,26,29)(H,27,30)/t17-,21-,23+/m0/s1. The van der Waals surface area contributed by atoms with Gasteiger partial charge in [0.1, 0.15) is 17.8 Å². The first-order valence-corrected chi connectivity index (χ1v) is 14.2. The zero-order valence-electron chi connectivity index (χ0n) is 21.3. The van der Waals surface area contributed by atoms with E-state index in [1.54, 1.807) is 13.8 Å². The molecule has 1 saturated heterocycles. The summed E-state index contributed by atoms with van der Waals surface area (Å²) in [6.07, 6.45) is 0.597. The third kappa shape index (κ3) is 7.08. The van der Waals surface area contributed by atoms with Gasteiger partial charge in [0.15, 0.2) is 0 Å². The largest absolute Gasteiger partial charge is 0.497 e. The second-order valence-corrected chi connectivity index (χ2v) is 12.0. The van der Waals surface area contributed by atoms with Crippen molar-refractivity contribution >= 4 is 39.1 Å². The molecule has 1 aliphatic heterocycles. The molecule has 12 heteroatoms. The Morgan fingerprint density at radius 3 is 2.41 bits per heavy atom. The lowest BCUT2D eigenvalue weighted by atomic mass is 9.97. The second kappa shape index (κ2) is 12.5. The first-order chi connectivity index (χ1) is 17.6. The van der Waals surface area contributed by atoms with Crippen LogP contribution in [0, 0.1) is 5.92 Å². The summed E-state index contributed by atoms with van der Waals surface area (Å²) < 4.78 is 38.2. The maximum atomic E-state index is 13.6. The van der Waals surface area contributed by atoms with Gasteiger partial charge in [-0.05, 0) is 54.5 Å². The lowest BCUT2D eigenvalue weighted by Crippen LogP contribution is -2.59. The van der Waals surface area contributed by atoms with Gasteiger partial charge in [-0.3, -0.25) is 9.59 Å². The van der Waals surface area contributed by atoms with E-state index in [0.717, 1.165) is 9.18 Å². The van der Waals surface area contributed by atoms with E-state index in [-0.39, 0.29) is 36.1 Å². The predicted octanol–water partition coefficient (Wildman–Crippen LogP) is 1.95. The van der Waals surface area contributed by atoms with Crippen molar-refractivity contribution in [1.82, 2.24) is 14.9 Å². The third-order valence-corrected chi connectivity index (χ3v) is 9.02. The third-order valence-electron chi connectivity index (χ3n) is 6.22. The fourth-order valence-electron chi connectivity index (χ4n) is 4.21. The molecule has 0 radical (unpaired) electrons. The number of carbonyl (C=O) groups excluding carboxylic acids is 3. The molecule has 0 saturated carbocycles. The monoisotopic (exact) mass is 551 g/mol. The zero-order valence-corrected chi connectivity index (χ0v) is 22.9. The van der Waals surface area contributed by atoms with Crippen molar-refractivity contribution in [2.24, 2.45) is 5.92 Å². The van der Waals surface area contributed by atoms with Crippen molar-refractivity contribution in [3.63, 3.8) is 0 Å². The van der Waals surface area contributed by atoms with Gasteiger partial charge in [-0.15, -0.1) is 11.3 Å². The second-order valence-electron chi connectivity index (χ2n) is 9.11. The molecule has 202 valence electrons. The Labute approximate surface area is 221 Å². The van der Waals surface area contributed by atoms with E-state index in [1.807, 2.05) is 17.5 Å². The highest BCUT2D eigenvalue weighted by atomic mass is 32.2. The van der Waals surface area contributed by atoms with Crippen molar-refractivity contribution in [1.29, 1.82) is 0 Å². The summed E-state index contributed by atoms with van der Waals surface area (Å²) in [6.45, 7) is 3.52. The molecule has 37 heavy (non-hydrogen) atoms. The summed E-state index contributed by atoms with van der Waals surface area (Å²) in [6, 6.07) is 7.13. The number of hydrogen-bond donors (Lipinski definition) is 2. The highest BCUT2D eigenvalue weighted by Crippen LogP contribution is 2.27. The average molecular weight is 552 g/mol. The van der Waals surface area contributed by atoms with Gasteiger partial charge in [0.25, 0.3) is 0 Å². The number of ether oxygens (including phenoxy) is 2. The molecule has 3 atom stereocenters. The fourth-order valence-corrected chi connectivity index (χ4v) is 6.52. The molecule has 1 aromatic carbocycles. The first kappa shape index (κ1) is 28.6. The van der Waals surface area contributed by atoms with Crippen LogP contribution in [-0.4, -0.2) is 69.4 Å². The van der Waals surface area contributed by atoms with Crippen molar-refractivity contribution in [3.8, 4) is 5.75 Å². The fraction of sp³-hybridized carbons (Fsp3) is 0.480. The summed E-state index contributed by atoms with van der Waals surface area (Å²) in [7, 11) is -1.36. The van der Waals surface area contributed by atoms with Crippen LogP contribution in [-0.2, 0) is 35.6 Å². The average Bonchev–Trinajstić information content (AvgIpc) is 3.39. The minimum atomic E-state index is -4.07. The topological polar surface area (TPSA) is 131 Å². The number of benzene rings is 1. The number of nitrogens with one attached hydrogen (secondary N) is 2. The molecule has 10 nitrogen and oxygen atoms in total. The molecule has 1 fully saturated rings. The molecule has 2 N–H and O–H groups in total. The van der Waals surface area contributed by atoms with Gasteiger partial charge in [-0.25, -0.2) is 13.2 Å². The lowest BCUT2D eigenvalue weighted by molar-refractivity contribution is -0.147. The normalized spacial score (nSPS) is 19.2. The molecule has 0 unspecified atom stereocenters. The molecule has 0 bridgehead atoms. The molecule has 0 aliphatic carbocycles. The Hall–Kier alpha value is -2.96. The summed E-state index contributed by atoms with van der Waals surface area (Å²) in [4.78, 5) is 39.2. The lowest BCUT2D eigenvalue weighted by Gasteiger charge is -2.38. The number of piperidine rings is 1.